The minimum atomic E-state index is -0.296. The summed E-state index contributed by atoms with van der Waals surface area (Å²) in [7, 11) is 1.77. The number of carbonyl (C=O) groups is 1. The van der Waals surface area contributed by atoms with Crippen molar-refractivity contribution in [3.8, 4) is 0 Å². The Labute approximate surface area is 167 Å². The molecule has 0 saturated carbocycles. The van der Waals surface area contributed by atoms with Crippen LogP contribution in [-0.4, -0.2) is 40.2 Å². The van der Waals surface area contributed by atoms with Crippen molar-refractivity contribution >= 4 is 40.2 Å². The van der Waals surface area contributed by atoms with Crippen LogP contribution in [0, 0.1) is 0 Å². The Kier molecular flexibility index (Phi) is 5.86. The summed E-state index contributed by atoms with van der Waals surface area (Å²) in [4.78, 5) is 16.6. The summed E-state index contributed by atoms with van der Waals surface area (Å²) in [5.74, 6) is -0.296. The molecule has 0 radical (unpaired) electrons. The molecule has 0 aliphatic heterocycles. The van der Waals surface area contributed by atoms with Crippen molar-refractivity contribution in [2.45, 2.75) is 19.6 Å². The van der Waals surface area contributed by atoms with E-state index in [9.17, 15) is 4.79 Å². The van der Waals surface area contributed by atoms with Gasteiger partial charge in [-0.1, -0.05) is 11.6 Å². The summed E-state index contributed by atoms with van der Waals surface area (Å²) in [6.45, 7) is 2.51. The number of halogens is 1. The van der Waals surface area contributed by atoms with E-state index in [2.05, 4.69) is 20.7 Å². The number of nitrogens with one attached hydrogen (secondary N) is 2. The summed E-state index contributed by atoms with van der Waals surface area (Å²) in [6.07, 6.45) is 3.10. The number of rotatable bonds is 7. The first-order valence-electron chi connectivity index (χ1n) is 8.63. The monoisotopic (exact) mass is 403 g/mol. The van der Waals surface area contributed by atoms with Crippen LogP contribution in [0.25, 0.3) is 5.65 Å². The van der Waals surface area contributed by atoms with Gasteiger partial charge in [0.05, 0.1) is 36.5 Å². The number of fused-ring (bicyclic) bond motifs is 1. The lowest BCUT2D eigenvalue weighted by Crippen LogP contribution is -2.35. The molecule has 0 spiro atoms. The summed E-state index contributed by atoms with van der Waals surface area (Å²) in [5, 5.41) is 10.3. The van der Waals surface area contributed by atoms with E-state index in [1.54, 1.807) is 25.4 Å². The van der Waals surface area contributed by atoms with Gasteiger partial charge in [0.2, 0.25) is 0 Å². The largest absolute Gasteiger partial charge is 0.397 e. The number of benzene rings is 1. The highest BCUT2D eigenvalue weighted by Crippen LogP contribution is 2.27. The van der Waals surface area contributed by atoms with Gasteiger partial charge in [0, 0.05) is 19.3 Å². The van der Waals surface area contributed by atoms with Crippen LogP contribution >= 0.6 is 11.6 Å². The van der Waals surface area contributed by atoms with Gasteiger partial charge >= 0.3 is 0 Å². The fraction of sp³-hybridized carbons (Fsp3) is 0.278. The third kappa shape index (κ3) is 4.26. The van der Waals surface area contributed by atoms with Gasteiger partial charge in [-0.25, -0.2) is 9.50 Å². The SMILES string of the molecule is CNc1cc(COCC(C)NC(=O)c2cnn3ccc(Cl)nc23)cc(N)c1N. The maximum absolute atomic E-state index is 12.5. The molecule has 0 bridgehead atoms. The van der Waals surface area contributed by atoms with Crippen molar-refractivity contribution in [2.24, 2.45) is 0 Å². The van der Waals surface area contributed by atoms with Crippen LogP contribution in [0.5, 0.6) is 0 Å². The molecule has 1 aromatic carbocycles. The van der Waals surface area contributed by atoms with Crippen molar-refractivity contribution in [1.29, 1.82) is 0 Å². The highest BCUT2D eigenvalue weighted by Gasteiger charge is 2.16. The van der Waals surface area contributed by atoms with Gasteiger partial charge in [0.15, 0.2) is 5.65 Å². The van der Waals surface area contributed by atoms with E-state index in [1.807, 2.05) is 13.0 Å². The molecule has 148 valence electrons. The van der Waals surface area contributed by atoms with Crippen LogP contribution in [0.1, 0.15) is 22.8 Å². The maximum Gasteiger partial charge on any atom is 0.257 e. The van der Waals surface area contributed by atoms with Gasteiger partial charge in [-0.2, -0.15) is 5.10 Å². The first-order valence-corrected chi connectivity index (χ1v) is 9.01. The van der Waals surface area contributed by atoms with Crippen molar-refractivity contribution in [3.05, 3.63) is 46.9 Å². The molecule has 9 nitrogen and oxygen atoms in total. The molecule has 28 heavy (non-hydrogen) atoms. The second-order valence-electron chi connectivity index (χ2n) is 6.36. The molecule has 0 fully saturated rings. The second kappa shape index (κ2) is 8.32. The van der Waals surface area contributed by atoms with Crippen LogP contribution in [0.15, 0.2) is 30.6 Å². The molecule has 2 aromatic heterocycles. The van der Waals surface area contributed by atoms with Crippen LogP contribution in [0.2, 0.25) is 5.15 Å². The molecular weight excluding hydrogens is 382 g/mol. The molecule has 0 aliphatic carbocycles. The Morgan fingerprint density at radius 2 is 2.18 bits per heavy atom. The Morgan fingerprint density at radius 3 is 2.93 bits per heavy atom. The first-order chi connectivity index (χ1) is 13.4. The van der Waals surface area contributed by atoms with Gasteiger partial charge in [-0.15, -0.1) is 0 Å². The lowest BCUT2D eigenvalue weighted by Gasteiger charge is -2.15. The molecule has 1 atom stereocenters. The quantitative estimate of drug-likeness (QED) is 0.350. The van der Waals surface area contributed by atoms with Gasteiger partial charge in [-0.05, 0) is 30.7 Å². The third-order valence-electron chi connectivity index (χ3n) is 4.13. The number of nitrogen functional groups attached to an aromatic ring is 2. The van der Waals surface area contributed by atoms with Crippen LogP contribution in [0.4, 0.5) is 17.1 Å². The van der Waals surface area contributed by atoms with Crippen molar-refractivity contribution in [2.75, 3.05) is 30.4 Å². The Hall–Kier alpha value is -3.04. The van der Waals surface area contributed by atoms with E-state index in [-0.39, 0.29) is 11.9 Å². The van der Waals surface area contributed by atoms with E-state index in [1.165, 1.54) is 10.7 Å². The Bertz CT molecular complexity index is 1010. The number of hydrogen-bond acceptors (Lipinski definition) is 7. The van der Waals surface area contributed by atoms with E-state index >= 15 is 0 Å². The smallest absolute Gasteiger partial charge is 0.257 e. The zero-order valence-corrected chi connectivity index (χ0v) is 16.3. The summed E-state index contributed by atoms with van der Waals surface area (Å²) < 4.78 is 7.20. The highest BCUT2D eigenvalue weighted by molar-refractivity contribution is 6.29. The van der Waals surface area contributed by atoms with E-state index in [0.29, 0.717) is 41.0 Å². The molecule has 3 rings (SSSR count). The van der Waals surface area contributed by atoms with E-state index in [4.69, 9.17) is 27.8 Å². The van der Waals surface area contributed by atoms with Crippen LogP contribution in [-0.2, 0) is 11.3 Å². The summed E-state index contributed by atoms with van der Waals surface area (Å²) >= 11 is 5.90. The molecule has 1 unspecified atom stereocenters. The van der Waals surface area contributed by atoms with Gasteiger partial charge in [0.1, 0.15) is 10.7 Å². The molecule has 6 N–H and O–H groups in total. The van der Waals surface area contributed by atoms with Gasteiger partial charge < -0.3 is 26.8 Å². The number of carbonyl (C=O) groups excluding carboxylic acids is 1. The van der Waals surface area contributed by atoms with E-state index in [0.717, 1.165) is 11.3 Å². The van der Waals surface area contributed by atoms with Gasteiger partial charge in [-0.3, -0.25) is 4.79 Å². The number of anilines is 3. The summed E-state index contributed by atoms with van der Waals surface area (Å²) in [5.41, 5.74) is 15.2. The third-order valence-corrected chi connectivity index (χ3v) is 4.35. The molecule has 0 saturated heterocycles. The average molecular weight is 404 g/mol. The highest BCUT2D eigenvalue weighted by atomic mass is 35.5. The molecule has 10 heteroatoms. The second-order valence-corrected chi connectivity index (χ2v) is 6.75. The number of aromatic nitrogens is 3. The Morgan fingerprint density at radius 1 is 1.39 bits per heavy atom. The normalized spacial score (nSPS) is 12.1. The molecule has 1 amide bonds. The maximum atomic E-state index is 12.5. The predicted octanol–water partition coefficient (Wildman–Crippen LogP) is 1.92. The molecule has 2 heterocycles. The van der Waals surface area contributed by atoms with E-state index < -0.39 is 0 Å². The number of nitrogens with zero attached hydrogens (tertiary/aromatic N) is 3. The zero-order chi connectivity index (χ0) is 20.3. The predicted molar refractivity (Wildman–Crippen MR) is 109 cm³/mol. The molecule has 3 aromatic rings. The fourth-order valence-electron chi connectivity index (χ4n) is 2.73. The van der Waals surface area contributed by atoms with Crippen molar-refractivity contribution < 1.29 is 9.53 Å². The number of amides is 1. The standard InChI is InChI=1S/C18H22ClN7O2/c1-10(8-28-9-11-5-13(20)16(21)14(6-11)22-2)24-18(27)12-7-23-26-4-3-15(19)25-17(12)26/h3-7,10,22H,8-9,20-21H2,1-2H3,(H,24,27). The average Bonchev–Trinajstić information content (AvgIpc) is 3.07. The minimum Gasteiger partial charge on any atom is -0.397 e. The fourth-order valence-corrected chi connectivity index (χ4v) is 2.87. The number of nitrogens with two attached hydrogens (primary N) is 2. The van der Waals surface area contributed by atoms with Crippen LogP contribution in [0.3, 0.4) is 0 Å². The lowest BCUT2D eigenvalue weighted by molar-refractivity contribution is 0.0821. The molecular formula is C18H22ClN7O2. The topological polar surface area (TPSA) is 133 Å². The zero-order valence-electron chi connectivity index (χ0n) is 15.6. The number of ether oxygens (including phenoxy) is 1. The van der Waals surface area contributed by atoms with Crippen LogP contribution < -0.4 is 22.1 Å². The first kappa shape index (κ1) is 19.7. The van der Waals surface area contributed by atoms with Crippen molar-refractivity contribution in [1.82, 2.24) is 19.9 Å². The number of hydrogen-bond donors (Lipinski definition) is 4. The minimum absolute atomic E-state index is 0.225. The Balaban J connectivity index is 1.57. The van der Waals surface area contributed by atoms with Gasteiger partial charge in [0.25, 0.3) is 5.91 Å². The molecule has 0 aliphatic rings. The summed E-state index contributed by atoms with van der Waals surface area (Å²) in [6, 6.07) is 5.02. The lowest BCUT2D eigenvalue weighted by atomic mass is 10.1. The van der Waals surface area contributed by atoms with Crippen molar-refractivity contribution in [3.63, 3.8) is 0 Å².